The lowest BCUT2D eigenvalue weighted by atomic mass is 10.0. The lowest BCUT2D eigenvalue weighted by molar-refractivity contribution is -0.141. The molecular formula is C18H20ClF3N4. The molecular weight excluding hydrogens is 365 g/mol. The Morgan fingerprint density at radius 2 is 1.96 bits per heavy atom. The second-order valence-electron chi connectivity index (χ2n) is 6.51. The molecule has 8 heteroatoms. The lowest BCUT2D eigenvalue weighted by Crippen LogP contribution is -2.46. The molecule has 140 valence electrons. The van der Waals surface area contributed by atoms with Crippen LogP contribution in [0.2, 0.25) is 5.02 Å². The molecule has 1 atom stereocenters. The molecule has 4 nitrogen and oxygen atoms in total. The first-order valence-corrected chi connectivity index (χ1v) is 8.80. The quantitative estimate of drug-likeness (QED) is 0.788. The summed E-state index contributed by atoms with van der Waals surface area (Å²) in [5, 5.41) is 0.701. The predicted molar refractivity (Wildman–Crippen MR) is 95.2 cm³/mol. The van der Waals surface area contributed by atoms with E-state index in [1.165, 1.54) is 0 Å². The summed E-state index contributed by atoms with van der Waals surface area (Å²) in [6.45, 7) is 2.49. The summed E-state index contributed by atoms with van der Waals surface area (Å²) in [5.41, 5.74) is 0.246. The van der Waals surface area contributed by atoms with Crippen LogP contribution in [-0.4, -0.2) is 41.0 Å². The number of halogens is 4. The van der Waals surface area contributed by atoms with Crippen molar-refractivity contribution in [3.8, 4) is 0 Å². The van der Waals surface area contributed by atoms with Gasteiger partial charge in [-0.05, 0) is 43.1 Å². The normalized spacial score (nSPS) is 18.7. The maximum Gasteiger partial charge on any atom is 0.433 e. The molecule has 0 amide bonds. The van der Waals surface area contributed by atoms with Gasteiger partial charge in [-0.2, -0.15) is 13.2 Å². The Bertz CT molecular complexity index is 736. The zero-order valence-electron chi connectivity index (χ0n) is 14.4. The fourth-order valence-electron chi connectivity index (χ4n) is 3.18. The van der Waals surface area contributed by atoms with Gasteiger partial charge < -0.3 is 4.90 Å². The van der Waals surface area contributed by atoms with E-state index in [1.807, 2.05) is 24.3 Å². The molecule has 1 saturated heterocycles. The van der Waals surface area contributed by atoms with Crippen LogP contribution < -0.4 is 4.90 Å². The van der Waals surface area contributed by atoms with Crippen molar-refractivity contribution in [2.24, 2.45) is 0 Å². The zero-order chi connectivity index (χ0) is 18.7. The summed E-state index contributed by atoms with van der Waals surface area (Å²) >= 11 is 5.92. The first-order valence-electron chi connectivity index (χ1n) is 8.43. The SMILES string of the molecule is CN(c1nccc(C(F)(F)F)n1)C1CCCN(Cc2ccc(Cl)cc2)C1. The highest BCUT2D eigenvalue weighted by Gasteiger charge is 2.34. The molecule has 0 saturated carbocycles. The van der Waals surface area contributed by atoms with Crippen LogP contribution in [0.1, 0.15) is 24.1 Å². The molecule has 2 heterocycles. The number of nitrogens with zero attached hydrogens (tertiary/aromatic N) is 4. The summed E-state index contributed by atoms with van der Waals surface area (Å²) in [6, 6.07) is 8.67. The third kappa shape index (κ3) is 4.65. The van der Waals surface area contributed by atoms with E-state index < -0.39 is 11.9 Å². The third-order valence-electron chi connectivity index (χ3n) is 4.60. The first kappa shape index (κ1) is 18.9. The number of likely N-dealkylation sites (N-methyl/N-ethyl adjacent to an activating group) is 1. The largest absolute Gasteiger partial charge is 0.433 e. The smallest absolute Gasteiger partial charge is 0.340 e. The molecule has 0 bridgehead atoms. The molecule has 2 aromatic rings. The Hall–Kier alpha value is -1.86. The average Bonchev–Trinajstić information content (AvgIpc) is 2.63. The third-order valence-corrected chi connectivity index (χ3v) is 4.85. The van der Waals surface area contributed by atoms with Crippen molar-refractivity contribution in [3.63, 3.8) is 0 Å². The Kier molecular flexibility index (Phi) is 5.67. The minimum Gasteiger partial charge on any atom is -0.340 e. The summed E-state index contributed by atoms with van der Waals surface area (Å²) in [7, 11) is 1.76. The highest BCUT2D eigenvalue weighted by molar-refractivity contribution is 6.30. The molecule has 1 aliphatic rings. The maximum atomic E-state index is 12.9. The van der Waals surface area contributed by atoms with Gasteiger partial charge in [0.05, 0.1) is 0 Å². The van der Waals surface area contributed by atoms with Gasteiger partial charge in [0.1, 0.15) is 5.69 Å². The molecule has 0 spiro atoms. The van der Waals surface area contributed by atoms with Crippen molar-refractivity contribution in [2.45, 2.75) is 31.6 Å². The highest BCUT2D eigenvalue weighted by Crippen LogP contribution is 2.29. The van der Waals surface area contributed by atoms with E-state index in [2.05, 4.69) is 14.9 Å². The molecule has 1 unspecified atom stereocenters. The van der Waals surface area contributed by atoms with Crippen LogP contribution in [0.25, 0.3) is 0 Å². The zero-order valence-corrected chi connectivity index (χ0v) is 15.1. The second kappa shape index (κ2) is 7.80. The van der Waals surface area contributed by atoms with Gasteiger partial charge in [-0.3, -0.25) is 4.90 Å². The Labute approximate surface area is 155 Å². The van der Waals surface area contributed by atoms with E-state index in [1.54, 1.807) is 11.9 Å². The van der Waals surface area contributed by atoms with E-state index in [4.69, 9.17) is 11.6 Å². The topological polar surface area (TPSA) is 32.3 Å². The van der Waals surface area contributed by atoms with Gasteiger partial charge in [0.15, 0.2) is 0 Å². The number of likely N-dealkylation sites (tertiary alicyclic amines) is 1. The first-order chi connectivity index (χ1) is 12.3. The van der Waals surface area contributed by atoms with Crippen molar-refractivity contribution < 1.29 is 13.2 Å². The van der Waals surface area contributed by atoms with Crippen LogP contribution in [0.15, 0.2) is 36.5 Å². The minimum atomic E-state index is -4.47. The van der Waals surface area contributed by atoms with E-state index >= 15 is 0 Å². The van der Waals surface area contributed by atoms with Crippen molar-refractivity contribution >= 4 is 17.5 Å². The number of hydrogen-bond acceptors (Lipinski definition) is 4. The van der Waals surface area contributed by atoms with Crippen LogP contribution in [0, 0.1) is 0 Å². The summed E-state index contributed by atoms with van der Waals surface area (Å²) in [4.78, 5) is 11.8. The van der Waals surface area contributed by atoms with Gasteiger partial charge in [-0.25, -0.2) is 9.97 Å². The van der Waals surface area contributed by atoms with Crippen molar-refractivity contribution in [1.29, 1.82) is 0 Å². The number of anilines is 1. The standard InChI is InChI=1S/C18H20ClF3N4/c1-25(17-23-9-8-16(24-17)18(20,21)22)15-3-2-10-26(12-15)11-13-4-6-14(19)7-5-13/h4-9,15H,2-3,10-12H2,1H3. The monoisotopic (exact) mass is 384 g/mol. The lowest BCUT2D eigenvalue weighted by Gasteiger charge is -2.37. The second-order valence-corrected chi connectivity index (χ2v) is 6.94. The highest BCUT2D eigenvalue weighted by atomic mass is 35.5. The Balaban J connectivity index is 1.68. The molecule has 3 rings (SSSR count). The molecule has 0 aliphatic carbocycles. The number of aromatic nitrogens is 2. The molecule has 0 radical (unpaired) electrons. The summed E-state index contributed by atoms with van der Waals surface area (Å²) < 4.78 is 38.6. The van der Waals surface area contributed by atoms with Crippen LogP contribution >= 0.6 is 11.6 Å². The van der Waals surface area contributed by atoms with Crippen LogP contribution in [0.3, 0.4) is 0 Å². The Morgan fingerprint density at radius 3 is 2.65 bits per heavy atom. The van der Waals surface area contributed by atoms with Crippen molar-refractivity contribution in [3.05, 3.63) is 52.8 Å². The van der Waals surface area contributed by atoms with E-state index in [9.17, 15) is 13.2 Å². The van der Waals surface area contributed by atoms with E-state index in [0.29, 0.717) is 5.02 Å². The number of alkyl halides is 3. The molecule has 1 aromatic carbocycles. The molecule has 0 N–H and O–H groups in total. The summed E-state index contributed by atoms with van der Waals surface area (Å²) in [6.07, 6.45) is -1.43. The van der Waals surface area contributed by atoms with Gasteiger partial charge in [-0.1, -0.05) is 23.7 Å². The molecule has 26 heavy (non-hydrogen) atoms. The van der Waals surface area contributed by atoms with Gasteiger partial charge in [-0.15, -0.1) is 0 Å². The van der Waals surface area contributed by atoms with E-state index in [-0.39, 0.29) is 12.0 Å². The van der Waals surface area contributed by atoms with Crippen LogP contribution in [0.4, 0.5) is 19.1 Å². The fourth-order valence-corrected chi connectivity index (χ4v) is 3.30. The molecule has 1 fully saturated rings. The van der Waals surface area contributed by atoms with Gasteiger partial charge >= 0.3 is 6.18 Å². The van der Waals surface area contributed by atoms with Crippen LogP contribution in [-0.2, 0) is 12.7 Å². The number of piperidine rings is 1. The van der Waals surface area contributed by atoms with E-state index in [0.717, 1.165) is 50.3 Å². The van der Waals surface area contributed by atoms with Crippen molar-refractivity contribution in [1.82, 2.24) is 14.9 Å². The predicted octanol–water partition coefficient (Wildman–Crippen LogP) is 4.25. The molecule has 1 aliphatic heterocycles. The molecule has 1 aromatic heterocycles. The van der Waals surface area contributed by atoms with Gasteiger partial charge in [0.25, 0.3) is 0 Å². The van der Waals surface area contributed by atoms with Crippen LogP contribution in [0.5, 0.6) is 0 Å². The minimum absolute atomic E-state index is 0.0690. The number of benzene rings is 1. The van der Waals surface area contributed by atoms with Gasteiger partial charge in [0, 0.05) is 37.4 Å². The van der Waals surface area contributed by atoms with Gasteiger partial charge in [0.2, 0.25) is 5.95 Å². The fraction of sp³-hybridized carbons (Fsp3) is 0.444. The van der Waals surface area contributed by atoms with Crippen molar-refractivity contribution in [2.75, 3.05) is 25.0 Å². The Morgan fingerprint density at radius 1 is 1.23 bits per heavy atom. The maximum absolute atomic E-state index is 12.9. The summed E-state index contributed by atoms with van der Waals surface area (Å²) in [5.74, 6) is 0.109. The average molecular weight is 385 g/mol. The number of hydrogen-bond donors (Lipinski definition) is 0. The number of rotatable bonds is 4.